The van der Waals surface area contributed by atoms with Crippen molar-refractivity contribution in [1.29, 1.82) is 0 Å². The van der Waals surface area contributed by atoms with Crippen molar-refractivity contribution in [2.75, 3.05) is 18.9 Å². The van der Waals surface area contributed by atoms with E-state index in [0.717, 1.165) is 9.32 Å². The third-order valence-electron chi connectivity index (χ3n) is 2.54. The Bertz CT molecular complexity index is 513. The first-order chi connectivity index (χ1) is 9.63. The Kier molecular flexibility index (Phi) is 5.49. The Balaban J connectivity index is 1.77. The molecule has 20 heavy (non-hydrogen) atoms. The van der Waals surface area contributed by atoms with Gasteiger partial charge in [0.25, 0.3) is 0 Å². The molecule has 0 bridgehead atoms. The standard InChI is InChI=1S/C15H16INO3/c16-11-3-1-5-14(7-11)19-9-13(18)10-20-15-6-2-4-12(17)8-15/h1-8,13,18H,9-10,17H2. The number of benzene rings is 2. The summed E-state index contributed by atoms with van der Waals surface area (Å²) >= 11 is 2.21. The minimum Gasteiger partial charge on any atom is -0.491 e. The molecule has 0 aromatic heterocycles. The lowest BCUT2D eigenvalue weighted by Crippen LogP contribution is -2.25. The number of aliphatic hydroxyl groups is 1. The van der Waals surface area contributed by atoms with Gasteiger partial charge in [0.05, 0.1) is 0 Å². The Morgan fingerprint density at radius 3 is 2.20 bits per heavy atom. The van der Waals surface area contributed by atoms with Crippen molar-refractivity contribution in [3.8, 4) is 11.5 Å². The molecule has 0 saturated carbocycles. The number of rotatable bonds is 6. The minimum atomic E-state index is -0.700. The van der Waals surface area contributed by atoms with Gasteiger partial charge in [0.15, 0.2) is 0 Å². The number of anilines is 1. The third kappa shape index (κ3) is 4.90. The van der Waals surface area contributed by atoms with Crippen LogP contribution in [0.1, 0.15) is 0 Å². The third-order valence-corrected chi connectivity index (χ3v) is 3.21. The molecule has 0 aliphatic carbocycles. The highest BCUT2D eigenvalue weighted by Gasteiger charge is 2.07. The lowest BCUT2D eigenvalue weighted by atomic mass is 10.3. The molecule has 106 valence electrons. The summed E-state index contributed by atoms with van der Waals surface area (Å²) in [6, 6.07) is 14.7. The van der Waals surface area contributed by atoms with E-state index in [-0.39, 0.29) is 13.2 Å². The molecule has 0 radical (unpaired) electrons. The van der Waals surface area contributed by atoms with Crippen molar-refractivity contribution in [3.63, 3.8) is 0 Å². The zero-order valence-electron chi connectivity index (χ0n) is 10.8. The van der Waals surface area contributed by atoms with Crippen LogP contribution < -0.4 is 15.2 Å². The summed E-state index contributed by atoms with van der Waals surface area (Å²) in [5, 5.41) is 9.83. The molecule has 3 N–H and O–H groups in total. The molecule has 0 amide bonds. The van der Waals surface area contributed by atoms with Gasteiger partial charge in [-0.2, -0.15) is 0 Å². The van der Waals surface area contributed by atoms with Gasteiger partial charge in [-0.15, -0.1) is 0 Å². The number of halogens is 1. The fraction of sp³-hybridized carbons (Fsp3) is 0.200. The second kappa shape index (κ2) is 7.35. The molecule has 1 atom stereocenters. The average Bonchev–Trinajstić information content (AvgIpc) is 2.43. The first-order valence-corrected chi connectivity index (χ1v) is 7.26. The van der Waals surface area contributed by atoms with Crippen LogP contribution in [0.15, 0.2) is 48.5 Å². The van der Waals surface area contributed by atoms with Gasteiger partial charge < -0.3 is 20.3 Å². The molecule has 0 heterocycles. The first-order valence-electron chi connectivity index (χ1n) is 6.18. The van der Waals surface area contributed by atoms with Crippen LogP contribution in [0.3, 0.4) is 0 Å². The summed E-state index contributed by atoms with van der Waals surface area (Å²) in [5.41, 5.74) is 6.28. The van der Waals surface area contributed by atoms with E-state index in [1.54, 1.807) is 24.3 Å². The molecular formula is C15H16INO3. The normalized spacial score (nSPS) is 11.9. The molecule has 0 spiro atoms. The van der Waals surface area contributed by atoms with Crippen LogP contribution in [-0.4, -0.2) is 24.4 Å². The van der Waals surface area contributed by atoms with Gasteiger partial charge in [-0.25, -0.2) is 0 Å². The maximum Gasteiger partial charge on any atom is 0.122 e. The Morgan fingerprint density at radius 2 is 1.60 bits per heavy atom. The molecule has 0 saturated heterocycles. The highest BCUT2D eigenvalue weighted by Crippen LogP contribution is 2.16. The van der Waals surface area contributed by atoms with E-state index in [4.69, 9.17) is 15.2 Å². The van der Waals surface area contributed by atoms with Gasteiger partial charge in [0.1, 0.15) is 30.8 Å². The summed E-state index contributed by atoms with van der Waals surface area (Å²) in [7, 11) is 0. The minimum absolute atomic E-state index is 0.160. The van der Waals surface area contributed by atoms with Crippen molar-refractivity contribution in [2.24, 2.45) is 0 Å². The monoisotopic (exact) mass is 385 g/mol. The molecular weight excluding hydrogens is 369 g/mol. The first kappa shape index (κ1) is 14.9. The van der Waals surface area contributed by atoms with Crippen LogP contribution in [0.2, 0.25) is 0 Å². The number of nitrogen functional groups attached to an aromatic ring is 1. The Labute approximate surface area is 131 Å². The van der Waals surface area contributed by atoms with E-state index in [2.05, 4.69) is 22.6 Å². The zero-order chi connectivity index (χ0) is 14.4. The van der Waals surface area contributed by atoms with Crippen LogP contribution in [0.4, 0.5) is 5.69 Å². The summed E-state index contributed by atoms with van der Waals surface area (Å²) in [6.07, 6.45) is -0.700. The van der Waals surface area contributed by atoms with E-state index >= 15 is 0 Å². The molecule has 2 aromatic carbocycles. The molecule has 0 aliphatic rings. The van der Waals surface area contributed by atoms with E-state index in [1.165, 1.54) is 0 Å². The topological polar surface area (TPSA) is 64.7 Å². The van der Waals surface area contributed by atoms with Gasteiger partial charge in [0.2, 0.25) is 0 Å². The van der Waals surface area contributed by atoms with Gasteiger partial charge in [-0.1, -0.05) is 12.1 Å². The predicted octanol–water partition coefficient (Wildman–Crippen LogP) is 2.69. The van der Waals surface area contributed by atoms with Crippen molar-refractivity contribution >= 4 is 28.3 Å². The van der Waals surface area contributed by atoms with Crippen molar-refractivity contribution in [3.05, 3.63) is 52.1 Å². The molecule has 0 aliphatic heterocycles. The van der Waals surface area contributed by atoms with Crippen LogP contribution in [0, 0.1) is 3.57 Å². The average molecular weight is 385 g/mol. The molecule has 2 rings (SSSR count). The Morgan fingerprint density at radius 1 is 1.00 bits per heavy atom. The number of hydrogen-bond acceptors (Lipinski definition) is 4. The van der Waals surface area contributed by atoms with Crippen molar-refractivity contribution in [2.45, 2.75) is 6.10 Å². The highest BCUT2D eigenvalue weighted by molar-refractivity contribution is 14.1. The van der Waals surface area contributed by atoms with Crippen LogP contribution >= 0.6 is 22.6 Å². The maximum atomic E-state index is 9.83. The zero-order valence-corrected chi connectivity index (χ0v) is 13.0. The number of nitrogens with two attached hydrogens (primary N) is 1. The number of hydrogen-bond donors (Lipinski definition) is 2. The molecule has 0 fully saturated rings. The fourth-order valence-corrected chi connectivity index (χ4v) is 2.11. The largest absolute Gasteiger partial charge is 0.491 e. The van der Waals surface area contributed by atoms with E-state index in [0.29, 0.717) is 11.4 Å². The molecule has 2 aromatic rings. The van der Waals surface area contributed by atoms with Gasteiger partial charge in [-0.05, 0) is 52.9 Å². The second-order valence-electron chi connectivity index (χ2n) is 4.31. The SMILES string of the molecule is Nc1cccc(OCC(O)COc2cccc(I)c2)c1. The molecule has 4 nitrogen and oxygen atoms in total. The summed E-state index contributed by atoms with van der Waals surface area (Å²) < 4.78 is 12.0. The van der Waals surface area contributed by atoms with Crippen LogP contribution in [0.5, 0.6) is 11.5 Å². The van der Waals surface area contributed by atoms with Gasteiger partial charge in [0, 0.05) is 15.3 Å². The van der Waals surface area contributed by atoms with Crippen molar-refractivity contribution < 1.29 is 14.6 Å². The second-order valence-corrected chi connectivity index (χ2v) is 5.55. The van der Waals surface area contributed by atoms with Gasteiger partial charge in [-0.3, -0.25) is 0 Å². The molecule has 1 unspecified atom stereocenters. The highest BCUT2D eigenvalue weighted by atomic mass is 127. The maximum absolute atomic E-state index is 9.83. The number of ether oxygens (including phenoxy) is 2. The van der Waals surface area contributed by atoms with E-state index < -0.39 is 6.10 Å². The van der Waals surface area contributed by atoms with E-state index in [1.807, 2.05) is 24.3 Å². The summed E-state index contributed by atoms with van der Waals surface area (Å²) in [6.45, 7) is 0.343. The predicted molar refractivity (Wildman–Crippen MR) is 87.0 cm³/mol. The smallest absolute Gasteiger partial charge is 0.122 e. The molecule has 5 heteroatoms. The van der Waals surface area contributed by atoms with Crippen molar-refractivity contribution in [1.82, 2.24) is 0 Å². The lowest BCUT2D eigenvalue weighted by molar-refractivity contribution is 0.0626. The summed E-state index contributed by atoms with van der Waals surface area (Å²) in [5.74, 6) is 1.37. The van der Waals surface area contributed by atoms with E-state index in [9.17, 15) is 5.11 Å². The fourth-order valence-electron chi connectivity index (χ4n) is 1.59. The Hall–Kier alpha value is -1.47. The lowest BCUT2D eigenvalue weighted by Gasteiger charge is -2.14. The van der Waals surface area contributed by atoms with Gasteiger partial charge >= 0.3 is 0 Å². The van der Waals surface area contributed by atoms with Crippen LogP contribution in [-0.2, 0) is 0 Å². The summed E-state index contributed by atoms with van der Waals surface area (Å²) in [4.78, 5) is 0. The number of aliphatic hydroxyl groups excluding tert-OH is 1. The van der Waals surface area contributed by atoms with Crippen LogP contribution in [0.25, 0.3) is 0 Å². The quantitative estimate of drug-likeness (QED) is 0.593.